The molecule has 0 saturated heterocycles. The number of aryl methyl sites for hydroxylation is 1. The molecule has 39 heavy (non-hydrogen) atoms. The van der Waals surface area contributed by atoms with Crippen molar-refractivity contribution < 1.29 is 29.0 Å². The first-order valence-electron chi connectivity index (χ1n) is 13.4. The number of rotatable bonds is 8. The molecule has 1 aromatic carbocycles. The van der Waals surface area contributed by atoms with E-state index in [1.807, 2.05) is 20.8 Å². The fourth-order valence-electron chi connectivity index (χ4n) is 5.49. The monoisotopic (exact) mass is 532 g/mol. The van der Waals surface area contributed by atoms with E-state index in [9.17, 15) is 24.3 Å². The van der Waals surface area contributed by atoms with Crippen LogP contribution in [0.2, 0.25) is 0 Å². The molecule has 1 atom stereocenters. The molecule has 2 aromatic heterocycles. The molecule has 0 aliphatic carbocycles. The summed E-state index contributed by atoms with van der Waals surface area (Å²) < 4.78 is 12.3. The average molecular weight is 533 g/mol. The highest BCUT2D eigenvalue weighted by atomic mass is 16.6. The van der Waals surface area contributed by atoms with Gasteiger partial charge in [-0.3, -0.25) is 14.4 Å². The molecule has 0 radical (unpaired) electrons. The number of ether oxygens (including phenoxy) is 2. The summed E-state index contributed by atoms with van der Waals surface area (Å²) in [5.74, 6) is -0.687. The Morgan fingerprint density at radius 1 is 1.15 bits per heavy atom. The topological polar surface area (TPSA) is 125 Å². The van der Waals surface area contributed by atoms with Gasteiger partial charge in [0.25, 0.3) is 5.56 Å². The lowest BCUT2D eigenvalue weighted by Crippen LogP contribution is -2.44. The Kier molecular flexibility index (Phi) is 6.88. The summed E-state index contributed by atoms with van der Waals surface area (Å²) in [5, 5.41) is 11.9. The summed E-state index contributed by atoms with van der Waals surface area (Å²) in [6.07, 6.45) is 1.67. The van der Waals surface area contributed by atoms with Crippen LogP contribution in [0.1, 0.15) is 75.6 Å². The van der Waals surface area contributed by atoms with E-state index in [1.54, 1.807) is 35.8 Å². The number of ketones is 1. The molecule has 204 valence electrons. The maximum atomic E-state index is 13.5. The van der Waals surface area contributed by atoms with Crippen LogP contribution in [0, 0.1) is 5.92 Å². The van der Waals surface area contributed by atoms with Crippen LogP contribution in [0.15, 0.2) is 29.1 Å². The molecule has 9 heteroatoms. The van der Waals surface area contributed by atoms with Crippen LogP contribution >= 0.6 is 0 Å². The second kappa shape index (κ2) is 10.0. The molecule has 3 aromatic rings. The van der Waals surface area contributed by atoms with Gasteiger partial charge in [-0.15, -0.1) is 0 Å². The van der Waals surface area contributed by atoms with E-state index in [0.717, 1.165) is 16.5 Å². The third-order valence-electron chi connectivity index (χ3n) is 7.81. The minimum Gasteiger partial charge on any atom is -0.458 e. The molecule has 2 aliphatic rings. The number of carbonyl (C=O) groups excluding carboxylic acids is 3. The van der Waals surface area contributed by atoms with Crippen molar-refractivity contribution in [1.29, 1.82) is 0 Å². The Morgan fingerprint density at radius 2 is 1.92 bits per heavy atom. The van der Waals surface area contributed by atoms with Crippen molar-refractivity contribution in [3.8, 4) is 17.1 Å². The fourth-order valence-corrected chi connectivity index (χ4v) is 5.49. The number of fused-ring (bicyclic) bond motifs is 5. The first-order chi connectivity index (χ1) is 18.6. The van der Waals surface area contributed by atoms with Crippen LogP contribution in [0.5, 0.6) is 5.75 Å². The number of benzene rings is 1. The quantitative estimate of drug-likeness (QED) is 0.267. The standard InChI is InChI=1S/C30H32N2O7/c1-5-18-19-12-17(39-26(34)9-7-8-25(33)16(3)4)10-11-23(19)31-27-20(18)14-32-24(27)13-22-21(28(32)35)15-38-29(36)30(22,37)6-2/h10-13,16,37H,5-9,14-15H2,1-4H3/t30-/m0/s1. The first-order valence-corrected chi connectivity index (χ1v) is 13.4. The van der Waals surface area contributed by atoms with Gasteiger partial charge in [0.1, 0.15) is 18.1 Å². The van der Waals surface area contributed by atoms with E-state index in [-0.39, 0.29) is 47.8 Å². The molecule has 0 spiro atoms. The summed E-state index contributed by atoms with van der Waals surface area (Å²) in [4.78, 5) is 55.0. The number of nitrogens with zero attached hydrogens (tertiary/aromatic N) is 2. The molecular formula is C30H32N2O7. The van der Waals surface area contributed by atoms with Gasteiger partial charge in [-0.05, 0) is 49.1 Å². The highest BCUT2D eigenvalue weighted by Gasteiger charge is 2.45. The summed E-state index contributed by atoms with van der Waals surface area (Å²) in [6.45, 7) is 7.49. The minimum absolute atomic E-state index is 0.0516. The van der Waals surface area contributed by atoms with Gasteiger partial charge in [-0.2, -0.15) is 0 Å². The van der Waals surface area contributed by atoms with Crippen molar-refractivity contribution in [3.63, 3.8) is 0 Å². The van der Waals surface area contributed by atoms with Crippen LogP contribution in [-0.4, -0.2) is 32.4 Å². The molecular weight excluding hydrogens is 500 g/mol. The number of pyridine rings is 2. The number of cyclic esters (lactones) is 1. The Balaban J connectivity index is 1.50. The number of carbonyl (C=O) groups is 3. The molecule has 1 N–H and O–H groups in total. The van der Waals surface area contributed by atoms with Crippen molar-refractivity contribution in [2.45, 2.75) is 78.6 Å². The van der Waals surface area contributed by atoms with Crippen LogP contribution < -0.4 is 10.3 Å². The van der Waals surface area contributed by atoms with Crippen LogP contribution in [0.3, 0.4) is 0 Å². The lowest BCUT2D eigenvalue weighted by molar-refractivity contribution is -0.172. The van der Waals surface area contributed by atoms with Crippen molar-refractivity contribution >= 4 is 28.6 Å². The zero-order valence-corrected chi connectivity index (χ0v) is 22.6. The van der Waals surface area contributed by atoms with Gasteiger partial charge in [-0.25, -0.2) is 9.78 Å². The van der Waals surface area contributed by atoms with Crippen molar-refractivity contribution in [2.75, 3.05) is 0 Å². The third kappa shape index (κ3) is 4.44. The van der Waals surface area contributed by atoms with E-state index in [0.29, 0.717) is 48.5 Å². The van der Waals surface area contributed by atoms with Crippen molar-refractivity contribution in [2.24, 2.45) is 5.92 Å². The second-order valence-electron chi connectivity index (χ2n) is 10.5. The summed E-state index contributed by atoms with van der Waals surface area (Å²) in [7, 11) is 0. The largest absolute Gasteiger partial charge is 0.458 e. The van der Waals surface area contributed by atoms with Gasteiger partial charge in [-0.1, -0.05) is 27.7 Å². The van der Waals surface area contributed by atoms with Gasteiger partial charge in [0.15, 0.2) is 5.60 Å². The van der Waals surface area contributed by atoms with E-state index in [1.165, 1.54) is 0 Å². The zero-order valence-electron chi connectivity index (χ0n) is 22.6. The highest BCUT2D eigenvalue weighted by molar-refractivity contribution is 5.90. The predicted octanol–water partition coefficient (Wildman–Crippen LogP) is 3.94. The number of Topliss-reactive ketones (excluding diaryl/α,β-unsaturated/α-hetero) is 1. The van der Waals surface area contributed by atoms with E-state index < -0.39 is 17.5 Å². The molecule has 0 saturated carbocycles. The van der Waals surface area contributed by atoms with E-state index in [2.05, 4.69) is 0 Å². The lowest BCUT2D eigenvalue weighted by Gasteiger charge is -2.31. The molecule has 0 fully saturated rings. The molecule has 9 nitrogen and oxygen atoms in total. The Hall–Kier alpha value is -3.85. The predicted molar refractivity (Wildman–Crippen MR) is 143 cm³/mol. The van der Waals surface area contributed by atoms with E-state index >= 15 is 0 Å². The van der Waals surface area contributed by atoms with Gasteiger partial charge >= 0.3 is 11.9 Å². The Bertz CT molecular complexity index is 1590. The smallest absolute Gasteiger partial charge is 0.343 e. The SMILES string of the molecule is CCc1c2c(nc3ccc(OC(=O)CCCC(=O)C(C)C)cc13)-c1cc3c(c(=O)n1C2)COC(=O)[C@]3(O)CC. The van der Waals surface area contributed by atoms with Crippen LogP contribution in [0.25, 0.3) is 22.3 Å². The fraction of sp³-hybridized carbons (Fsp3) is 0.433. The maximum Gasteiger partial charge on any atom is 0.343 e. The zero-order chi connectivity index (χ0) is 28.1. The van der Waals surface area contributed by atoms with Gasteiger partial charge in [0, 0.05) is 35.3 Å². The van der Waals surface area contributed by atoms with Crippen LogP contribution in [0.4, 0.5) is 0 Å². The Labute approximate surface area is 225 Å². The number of hydrogen-bond acceptors (Lipinski definition) is 8. The molecule has 0 unspecified atom stereocenters. The summed E-state index contributed by atoms with van der Waals surface area (Å²) in [5.41, 5.74) is 2.10. The molecule has 2 aliphatic heterocycles. The third-order valence-corrected chi connectivity index (χ3v) is 7.81. The first kappa shape index (κ1) is 26.7. The minimum atomic E-state index is -1.88. The van der Waals surface area contributed by atoms with Gasteiger partial charge < -0.3 is 19.1 Å². The highest BCUT2D eigenvalue weighted by Crippen LogP contribution is 2.40. The van der Waals surface area contributed by atoms with Crippen molar-refractivity contribution in [3.05, 3.63) is 56.9 Å². The van der Waals surface area contributed by atoms with Crippen LogP contribution in [-0.2, 0) is 44.3 Å². The molecule has 5 rings (SSSR count). The van der Waals surface area contributed by atoms with Gasteiger partial charge in [0.05, 0.1) is 29.0 Å². The number of esters is 2. The summed E-state index contributed by atoms with van der Waals surface area (Å²) >= 11 is 0. The van der Waals surface area contributed by atoms with Crippen molar-refractivity contribution in [1.82, 2.24) is 9.55 Å². The van der Waals surface area contributed by atoms with E-state index in [4.69, 9.17) is 14.5 Å². The number of aromatic nitrogens is 2. The summed E-state index contributed by atoms with van der Waals surface area (Å²) in [6, 6.07) is 6.94. The molecule has 0 amide bonds. The number of hydrogen-bond donors (Lipinski definition) is 1. The number of aliphatic hydroxyl groups is 1. The average Bonchev–Trinajstić information content (AvgIpc) is 3.28. The second-order valence-corrected chi connectivity index (χ2v) is 10.5. The Morgan fingerprint density at radius 3 is 2.62 bits per heavy atom. The maximum absolute atomic E-state index is 13.5. The molecule has 0 bridgehead atoms. The van der Waals surface area contributed by atoms with Gasteiger partial charge in [0.2, 0.25) is 0 Å². The lowest BCUT2D eigenvalue weighted by atomic mass is 9.86. The molecule has 4 heterocycles. The normalized spacial score (nSPS) is 17.5.